The van der Waals surface area contributed by atoms with E-state index >= 15 is 0 Å². The van der Waals surface area contributed by atoms with Gasteiger partial charge in [-0.2, -0.15) is 0 Å². The summed E-state index contributed by atoms with van der Waals surface area (Å²) in [6, 6.07) is 24.0. The summed E-state index contributed by atoms with van der Waals surface area (Å²) in [6.45, 7) is 0. The van der Waals surface area contributed by atoms with E-state index in [2.05, 4.69) is 4.99 Å². The van der Waals surface area contributed by atoms with Crippen molar-refractivity contribution < 1.29 is 9.59 Å². The molecule has 0 saturated carbocycles. The highest BCUT2D eigenvalue weighted by molar-refractivity contribution is 6.72. The van der Waals surface area contributed by atoms with Crippen LogP contribution in [0.25, 0.3) is 0 Å². The van der Waals surface area contributed by atoms with Crippen LogP contribution in [0.2, 0.25) is 5.02 Å². The molecule has 0 atom stereocenters. The van der Waals surface area contributed by atoms with E-state index < -0.39 is 11.6 Å². The van der Waals surface area contributed by atoms with Gasteiger partial charge in [-0.25, -0.2) is 4.99 Å². The van der Waals surface area contributed by atoms with Crippen molar-refractivity contribution in [2.24, 2.45) is 4.99 Å². The Labute approximate surface area is 150 Å². The maximum Gasteiger partial charge on any atom is 0.215 e. The third-order valence-electron chi connectivity index (χ3n) is 3.57. The number of hydrogen-bond donors (Lipinski definition) is 0. The van der Waals surface area contributed by atoms with Crippen molar-refractivity contribution in [3.63, 3.8) is 0 Å². The first-order valence-corrected chi connectivity index (χ1v) is 8.07. The second kappa shape index (κ2) is 7.69. The Morgan fingerprint density at radius 1 is 0.640 bits per heavy atom. The molecule has 122 valence electrons. The molecule has 3 aromatic rings. The zero-order valence-corrected chi connectivity index (χ0v) is 14.0. The van der Waals surface area contributed by atoms with Crippen LogP contribution in [0.3, 0.4) is 0 Å². The molecule has 0 N–H and O–H groups in total. The Morgan fingerprint density at radius 3 is 1.68 bits per heavy atom. The number of nitrogens with zero attached hydrogens (tertiary/aromatic N) is 1. The van der Waals surface area contributed by atoms with Gasteiger partial charge in [-0.3, -0.25) is 9.59 Å². The lowest BCUT2D eigenvalue weighted by atomic mass is 9.99. The fraction of sp³-hybridized carbons (Fsp3) is 0. The maximum atomic E-state index is 12.9. The number of Topliss-reactive ketones (excluding diaryl/α,β-unsaturated/α-hetero) is 2. The standard InChI is InChI=1S/C21H14ClNO2/c22-17-13-11-16(12-14-17)21(25)19(23-18-9-5-2-6-10-18)20(24)15-7-3-1-4-8-15/h1-14H. The molecule has 3 aromatic carbocycles. The smallest absolute Gasteiger partial charge is 0.215 e. The number of carbonyl (C=O) groups is 2. The molecular formula is C21H14ClNO2. The number of carbonyl (C=O) groups excluding carboxylic acids is 2. The van der Waals surface area contributed by atoms with E-state index in [1.165, 1.54) is 0 Å². The van der Waals surface area contributed by atoms with Crippen molar-refractivity contribution in [1.29, 1.82) is 0 Å². The summed E-state index contributed by atoms with van der Waals surface area (Å²) in [4.78, 5) is 30.1. The van der Waals surface area contributed by atoms with Crippen LogP contribution in [-0.4, -0.2) is 17.3 Å². The predicted octanol–water partition coefficient (Wildman–Crippen LogP) is 5.18. The lowest BCUT2D eigenvalue weighted by Gasteiger charge is -2.06. The van der Waals surface area contributed by atoms with Gasteiger partial charge in [0.05, 0.1) is 5.69 Å². The summed E-state index contributed by atoms with van der Waals surface area (Å²) in [5, 5.41) is 0.521. The Morgan fingerprint density at radius 2 is 1.12 bits per heavy atom. The summed E-state index contributed by atoms with van der Waals surface area (Å²) in [6.07, 6.45) is 0. The van der Waals surface area contributed by atoms with Gasteiger partial charge in [0.25, 0.3) is 0 Å². The fourth-order valence-corrected chi connectivity index (χ4v) is 2.43. The van der Waals surface area contributed by atoms with Crippen LogP contribution in [0.1, 0.15) is 20.7 Å². The molecule has 0 aromatic heterocycles. The molecule has 0 aliphatic carbocycles. The third kappa shape index (κ3) is 4.08. The molecule has 0 spiro atoms. The van der Waals surface area contributed by atoms with Crippen molar-refractivity contribution in [1.82, 2.24) is 0 Å². The summed E-state index contributed by atoms with van der Waals surface area (Å²) in [5.74, 6) is -0.848. The fourth-order valence-electron chi connectivity index (χ4n) is 2.30. The lowest BCUT2D eigenvalue weighted by Crippen LogP contribution is -2.24. The molecule has 0 aliphatic heterocycles. The van der Waals surface area contributed by atoms with Gasteiger partial charge in [0.2, 0.25) is 11.6 Å². The highest BCUT2D eigenvalue weighted by atomic mass is 35.5. The maximum absolute atomic E-state index is 12.9. The average molecular weight is 348 g/mol. The minimum Gasteiger partial charge on any atom is -0.287 e. The number of halogens is 1. The largest absolute Gasteiger partial charge is 0.287 e. The highest BCUT2D eigenvalue weighted by Gasteiger charge is 2.23. The monoisotopic (exact) mass is 347 g/mol. The molecule has 3 rings (SSSR count). The van der Waals surface area contributed by atoms with Gasteiger partial charge >= 0.3 is 0 Å². The molecule has 25 heavy (non-hydrogen) atoms. The van der Waals surface area contributed by atoms with Crippen LogP contribution < -0.4 is 0 Å². The number of para-hydroxylation sites is 1. The van der Waals surface area contributed by atoms with Gasteiger partial charge in [-0.05, 0) is 36.4 Å². The molecule has 0 unspecified atom stereocenters. The second-order valence-corrected chi connectivity index (χ2v) is 5.76. The number of aliphatic imine (C=N–C) groups is 1. The molecule has 0 radical (unpaired) electrons. The number of benzene rings is 3. The van der Waals surface area contributed by atoms with Crippen LogP contribution in [0, 0.1) is 0 Å². The SMILES string of the molecule is O=C(C(=Nc1ccccc1)C(=O)c1ccc(Cl)cc1)c1ccccc1. The highest BCUT2D eigenvalue weighted by Crippen LogP contribution is 2.16. The Balaban J connectivity index is 2.06. The minimum atomic E-state index is -0.436. The van der Waals surface area contributed by atoms with Gasteiger partial charge in [0, 0.05) is 16.1 Å². The van der Waals surface area contributed by atoms with Crippen molar-refractivity contribution >= 4 is 34.6 Å². The first kappa shape index (κ1) is 16.8. The molecule has 0 amide bonds. The number of hydrogen-bond acceptors (Lipinski definition) is 3. The summed E-state index contributed by atoms with van der Waals surface area (Å²) in [7, 11) is 0. The Hall–Kier alpha value is -3.04. The van der Waals surface area contributed by atoms with Crippen molar-refractivity contribution in [2.75, 3.05) is 0 Å². The topological polar surface area (TPSA) is 46.5 Å². The number of ketones is 2. The lowest BCUT2D eigenvalue weighted by molar-refractivity contribution is 0.102. The zero-order chi connectivity index (χ0) is 17.6. The van der Waals surface area contributed by atoms with Gasteiger partial charge in [-0.1, -0.05) is 60.1 Å². The molecule has 0 heterocycles. The van der Waals surface area contributed by atoms with Crippen LogP contribution in [0.5, 0.6) is 0 Å². The van der Waals surface area contributed by atoms with E-state index in [4.69, 9.17) is 11.6 Å². The van der Waals surface area contributed by atoms with Crippen LogP contribution in [-0.2, 0) is 0 Å². The van der Waals surface area contributed by atoms with Crippen molar-refractivity contribution in [3.8, 4) is 0 Å². The van der Waals surface area contributed by atoms with Crippen LogP contribution in [0.15, 0.2) is 89.9 Å². The van der Waals surface area contributed by atoms with E-state index in [0.29, 0.717) is 21.8 Å². The zero-order valence-electron chi connectivity index (χ0n) is 13.2. The minimum absolute atomic E-state index is 0.125. The molecule has 3 nitrogen and oxygen atoms in total. The predicted molar refractivity (Wildman–Crippen MR) is 100 cm³/mol. The summed E-state index contributed by atoms with van der Waals surface area (Å²) in [5.41, 5.74) is 1.20. The van der Waals surface area contributed by atoms with Crippen LogP contribution >= 0.6 is 11.6 Å². The van der Waals surface area contributed by atoms with Gasteiger partial charge < -0.3 is 0 Å². The van der Waals surface area contributed by atoms with E-state index in [1.54, 1.807) is 72.8 Å². The van der Waals surface area contributed by atoms with Gasteiger partial charge in [0.15, 0.2) is 5.71 Å². The quantitative estimate of drug-likeness (QED) is 0.363. The van der Waals surface area contributed by atoms with Crippen molar-refractivity contribution in [3.05, 3.63) is 101 Å². The Bertz CT molecular complexity index is 917. The second-order valence-electron chi connectivity index (χ2n) is 5.33. The summed E-state index contributed by atoms with van der Waals surface area (Å²) < 4.78 is 0. The molecule has 4 heteroatoms. The van der Waals surface area contributed by atoms with E-state index in [9.17, 15) is 9.59 Å². The molecule has 0 fully saturated rings. The average Bonchev–Trinajstić information content (AvgIpc) is 2.67. The normalized spacial score (nSPS) is 11.2. The first-order chi connectivity index (χ1) is 12.1. The molecule has 0 aliphatic rings. The van der Waals surface area contributed by atoms with E-state index in [-0.39, 0.29) is 5.71 Å². The van der Waals surface area contributed by atoms with Gasteiger partial charge in [-0.15, -0.1) is 0 Å². The van der Waals surface area contributed by atoms with Crippen LogP contribution in [0.4, 0.5) is 5.69 Å². The molecular weight excluding hydrogens is 334 g/mol. The molecule has 0 bridgehead atoms. The third-order valence-corrected chi connectivity index (χ3v) is 3.82. The van der Waals surface area contributed by atoms with Crippen molar-refractivity contribution in [2.45, 2.75) is 0 Å². The van der Waals surface area contributed by atoms with Gasteiger partial charge in [0.1, 0.15) is 0 Å². The summed E-state index contributed by atoms with van der Waals surface area (Å²) >= 11 is 5.88. The van der Waals surface area contributed by atoms with E-state index in [1.807, 2.05) is 12.1 Å². The first-order valence-electron chi connectivity index (χ1n) is 7.69. The van der Waals surface area contributed by atoms with E-state index in [0.717, 1.165) is 0 Å². The number of rotatable bonds is 5. The molecule has 0 saturated heterocycles. The Kier molecular flexibility index (Phi) is 5.17.